The number of rotatable bonds is 2. The molecule has 5 nitrogen and oxygen atoms in total. The maximum Gasteiger partial charge on any atom is 0.418 e. The molecule has 27 heavy (non-hydrogen) atoms. The molecule has 0 aliphatic carbocycles. The topological polar surface area (TPSA) is 66.5 Å². The molecular formula is C20H20Cl2N2O3. The molecule has 7 heteroatoms. The molecule has 3 aromatic rings. The van der Waals surface area contributed by atoms with Gasteiger partial charge in [-0.2, -0.15) is 0 Å². The Labute approximate surface area is 167 Å². The number of nitrogens with two attached hydrogens (primary N) is 1. The quantitative estimate of drug-likeness (QED) is 0.498. The Morgan fingerprint density at radius 3 is 2.33 bits per heavy atom. The van der Waals surface area contributed by atoms with E-state index in [-0.39, 0.29) is 0 Å². The van der Waals surface area contributed by atoms with Gasteiger partial charge in [-0.25, -0.2) is 4.79 Å². The van der Waals surface area contributed by atoms with Gasteiger partial charge in [0.05, 0.1) is 15.6 Å². The molecule has 0 spiro atoms. The molecule has 2 N–H and O–H groups in total. The van der Waals surface area contributed by atoms with E-state index in [0.717, 1.165) is 16.5 Å². The van der Waals surface area contributed by atoms with Crippen LogP contribution in [0.3, 0.4) is 0 Å². The average molecular weight is 407 g/mol. The smallest absolute Gasteiger partial charge is 0.418 e. The monoisotopic (exact) mass is 406 g/mol. The van der Waals surface area contributed by atoms with Crippen LogP contribution in [0, 0.1) is 6.92 Å². The second kappa shape index (κ2) is 6.98. The van der Waals surface area contributed by atoms with Gasteiger partial charge in [0.2, 0.25) is 0 Å². The molecule has 0 radical (unpaired) electrons. The maximum absolute atomic E-state index is 12.4. The van der Waals surface area contributed by atoms with Crippen molar-refractivity contribution >= 4 is 45.9 Å². The predicted molar refractivity (Wildman–Crippen MR) is 109 cm³/mol. The van der Waals surface area contributed by atoms with Crippen LogP contribution in [0.25, 0.3) is 10.9 Å². The third-order valence-corrected chi connectivity index (χ3v) is 4.37. The molecule has 1 aromatic heterocycles. The predicted octanol–water partition coefficient (Wildman–Crippen LogP) is 6.41. The maximum atomic E-state index is 12.4. The van der Waals surface area contributed by atoms with Crippen LogP contribution in [-0.4, -0.2) is 16.3 Å². The zero-order valence-corrected chi connectivity index (χ0v) is 17.0. The highest BCUT2D eigenvalue weighted by atomic mass is 35.5. The number of aromatic nitrogens is 1. The molecule has 0 unspecified atom stereocenters. The van der Waals surface area contributed by atoms with Crippen molar-refractivity contribution in [3.8, 4) is 11.5 Å². The lowest BCUT2D eigenvalue weighted by Gasteiger charge is -2.19. The van der Waals surface area contributed by atoms with Gasteiger partial charge in [-0.1, -0.05) is 23.2 Å². The summed E-state index contributed by atoms with van der Waals surface area (Å²) in [5.74, 6) is 0.872. The number of benzene rings is 2. The van der Waals surface area contributed by atoms with Crippen molar-refractivity contribution in [2.75, 3.05) is 5.73 Å². The van der Waals surface area contributed by atoms with E-state index in [0.29, 0.717) is 27.2 Å². The van der Waals surface area contributed by atoms with Gasteiger partial charge in [0, 0.05) is 17.3 Å². The van der Waals surface area contributed by atoms with Crippen LogP contribution < -0.4 is 10.5 Å². The fourth-order valence-corrected chi connectivity index (χ4v) is 3.28. The van der Waals surface area contributed by atoms with Gasteiger partial charge in [-0.05, 0) is 63.6 Å². The Hall–Kier alpha value is -2.37. The highest BCUT2D eigenvalue weighted by molar-refractivity contribution is 6.37. The highest BCUT2D eigenvalue weighted by Gasteiger charge is 2.20. The summed E-state index contributed by atoms with van der Waals surface area (Å²) in [5, 5.41) is 1.51. The van der Waals surface area contributed by atoms with E-state index in [9.17, 15) is 4.79 Å². The van der Waals surface area contributed by atoms with Gasteiger partial charge in [0.1, 0.15) is 11.4 Å². The fourth-order valence-electron chi connectivity index (χ4n) is 2.69. The van der Waals surface area contributed by atoms with Crippen molar-refractivity contribution < 1.29 is 14.3 Å². The lowest BCUT2D eigenvalue weighted by atomic mass is 10.2. The minimum atomic E-state index is -0.576. The van der Waals surface area contributed by atoms with Crippen LogP contribution in [-0.2, 0) is 4.74 Å². The van der Waals surface area contributed by atoms with Crippen molar-refractivity contribution in [2.45, 2.75) is 33.3 Å². The fraction of sp³-hybridized carbons (Fsp3) is 0.250. The molecule has 0 aliphatic rings. The van der Waals surface area contributed by atoms with Gasteiger partial charge < -0.3 is 15.2 Å². The molecular weight excluding hydrogens is 387 g/mol. The molecule has 0 saturated heterocycles. The number of carbonyl (C=O) groups excluding carboxylic acids is 1. The largest absolute Gasteiger partial charge is 0.454 e. The summed E-state index contributed by atoms with van der Waals surface area (Å²) in [5.41, 5.74) is 7.24. The zero-order chi connectivity index (χ0) is 19.9. The Balaban J connectivity index is 1.98. The minimum Gasteiger partial charge on any atom is -0.454 e. The summed E-state index contributed by atoms with van der Waals surface area (Å²) in [4.78, 5) is 12.4. The van der Waals surface area contributed by atoms with Crippen LogP contribution in [0.5, 0.6) is 11.5 Å². The van der Waals surface area contributed by atoms with E-state index < -0.39 is 11.7 Å². The number of halogens is 2. The van der Waals surface area contributed by atoms with Gasteiger partial charge in [-0.3, -0.25) is 4.57 Å². The first-order valence-corrected chi connectivity index (χ1v) is 9.08. The van der Waals surface area contributed by atoms with Gasteiger partial charge in [0.25, 0.3) is 0 Å². The molecule has 0 saturated carbocycles. The van der Waals surface area contributed by atoms with E-state index in [2.05, 4.69) is 0 Å². The molecule has 0 fully saturated rings. The second-order valence-corrected chi connectivity index (χ2v) is 8.07. The summed E-state index contributed by atoms with van der Waals surface area (Å²) >= 11 is 12.4. The summed E-state index contributed by atoms with van der Waals surface area (Å²) in [6.45, 7) is 7.40. The molecule has 142 valence electrons. The number of nitrogen functional groups attached to an aromatic ring is 1. The third-order valence-electron chi connectivity index (χ3n) is 3.81. The lowest BCUT2D eigenvalue weighted by molar-refractivity contribution is 0.0544. The number of aryl methyl sites for hydroxylation is 1. The number of hydrogen-bond acceptors (Lipinski definition) is 4. The van der Waals surface area contributed by atoms with Crippen molar-refractivity contribution in [1.29, 1.82) is 0 Å². The summed E-state index contributed by atoms with van der Waals surface area (Å²) in [7, 11) is 0. The number of anilines is 1. The van der Waals surface area contributed by atoms with Crippen LogP contribution in [0.15, 0.2) is 36.5 Å². The van der Waals surface area contributed by atoms with E-state index >= 15 is 0 Å². The van der Waals surface area contributed by atoms with Crippen molar-refractivity contribution in [1.82, 2.24) is 4.57 Å². The Bertz CT molecular complexity index is 1010. The minimum absolute atomic E-state index is 0.322. The number of hydrogen-bond donors (Lipinski definition) is 1. The Morgan fingerprint density at radius 1 is 1.11 bits per heavy atom. The van der Waals surface area contributed by atoms with Crippen molar-refractivity contribution in [3.05, 3.63) is 52.1 Å². The van der Waals surface area contributed by atoms with E-state index in [1.165, 1.54) is 4.57 Å². The number of ether oxygens (including phenoxy) is 2. The number of fused-ring (bicyclic) bond motifs is 1. The van der Waals surface area contributed by atoms with E-state index in [4.69, 9.17) is 38.4 Å². The average Bonchev–Trinajstić information content (AvgIpc) is 2.86. The number of carbonyl (C=O) groups is 1. The van der Waals surface area contributed by atoms with E-state index in [1.807, 2.05) is 33.8 Å². The van der Waals surface area contributed by atoms with Gasteiger partial charge in [-0.15, -0.1) is 0 Å². The summed E-state index contributed by atoms with van der Waals surface area (Å²) in [6, 6.07) is 8.51. The first-order valence-electron chi connectivity index (χ1n) is 8.32. The molecule has 3 rings (SSSR count). The van der Waals surface area contributed by atoms with Crippen LogP contribution in [0.4, 0.5) is 10.5 Å². The van der Waals surface area contributed by atoms with Crippen LogP contribution in [0.1, 0.15) is 26.3 Å². The lowest BCUT2D eigenvalue weighted by Crippen LogP contribution is -2.26. The van der Waals surface area contributed by atoms with Crippen LogP contribution >= 0.6 is 23.2 Å². The van der Waals surface area contributed by atoms with Gasteiger partial charge >= 0.3 is 6.09 Å². The molecule has 0 aliphatic heterocycles. The first kappa shape index (κ1) is 19.4. The highest BCUT2D eigenvalue weighted by Crippen LogP contribution is 2.39. The van der Waals surface area contributed by atoms with Crippen LogP contribution in [0.2, 0.25) is 10.0 Å². The normalized spacial score (nSPS) is 11.6. The van der Waals surface area contributed by atoms with Gasteiger partial charge in [0.15, 0.2) is 5.75 Å². The first-order chi connectivity index (χ1) is 12.5. The molecule has 0 bridgehead atoms. The SMILES string of the molecule is Cc1cn(C(=O)OC(C)(C)C)c2ccc(Oc3c(Cl)cc(N)cc3Cl)cc12. The molecule has 0 atom stereocenters. The Morgan fingerprint density at radius 2 is 1.74 bits per heavy atom. The van der Waals surface area contributed by atoms with Crippen molar-refractivity contribution in [2.24, 2.45) is 0 Å². The second-order valence-electron chi connectivity index (χ2n) is 7.26. The molecule has 1 heterocycles. The summed E-state index contributed by atoms with van der Waals surface area (Å²) < 4.78 is 12.8. The third kappa shape index (κ3) is 4.15. The molecule has 0 amide bonds. The standard InChI is InChI=1S/C20H20Cl2N2O3/c1-11-10-24(19(25)27-20(2,3)4)17-6-5-13(9-14(11)17)26-18-15(21)7-12(23)8-16(18)22/h5-10H,23H2,1-4H3. The Kier molecular flexibility index (Phi) is 5.02. The zero-order valence-electron chi connectivity index (χ0n) is 15.5. The number of nitrogens with zero attached hydrogens (tertiary/aromatic N) is 1. The van der Waals surface area contributed by atoms with E-state index in [1.54, 1.807) is 30.5 Å². The van der Waals surface area contributed by atoms with Crippen molar-refractivity contribution in [3.63, 3.8) is 0 Å². The molecule has 2 aromatic carbocycles. The summed E-state index contributed by atoms with van der Waals surface area (Å²) in [6.07, 6.45) is 1.31.